The van der Waals surface area contributed by atoms with Crippen LogP contribution in [0.5, 0.6) is 0 Å². The highest BCUT2D eigenvalue weighted by Crippen LogP contribution is 2.35. The summed E-state index contributed by atoms with van der Waals surface area (Å²) in [5.41, 5.74) is 1.76. The first-order valence-electron chi connectivity index (χ1n) is 7.37. The molecule has 0 N–H and O–H groups in total. The van der Waals surface area contributed by atoms with Crippen molar-refractivity contribution < 1.29 is 17.2 Å². The topological polar surface area (TPSA) is 37.4 Å². The van der Waals surface area contributed by atoms with Crippen LogP contribution in [0.2, 0.25) is 0 Å². The second-order valence-electron chi connectivity index (χ2n) is 5.78. The number of fused-ring (bicyclic) bond motifs is 1. The van der Waals surface area contributed by atoms with Crippen molar-refractivity contribution in [2.75, 3.05) is 6.54 Å². The molecule has 0 amide bonds. The summed E-state index contributed by atoms with van der Waals surface area (Å²) in [4.78, 5) is 0.209. The van der Waals surface area contributed by atoms with E-state index in [0.717, 1.165) is 11.6 Å². The van der Waals surface area contributed by atoms with Crippen LogP contribution in [0.15, 0.2) is 41.3 Å². The molecule has 0 aromatic heterocycles. The third kappa shape index (κ3) is 2.66. The lowest BCUT2D eigenvalue weighted by Gasteiger charge is -2.34. The average molecular weight is 337 g/mol. The lowest BCUT2D eigenvalue weighted by atomic mass is 9.94. The molecule has 2 aromatic rings. The highest BCUT2D eigenvalue weighted by atomic mass is 32.2. The molecule has 1 aliphatic heterocycles. The van der Waals surface area contributed by atoms with E-state index < -0.39 is 27.7 Å². The molecule has 0 aliphatic carbocycles. The third-order valence-corrected chi connectivity index (χ3v) is 6.31. The van der Waals surface area contributed by atoms with Gasteiger partial charge in [-0.2, -0.15) is 4.31 Å². The monoisotopic (exact) mass is 337 g/mol. The fourth-order valence-corrected chi connectivity index (χ4v) is 4.61. The minimum absolute atomic E-state index is 0.130. The van der Waals surface area contributed by atoms with Gasteiger partial charge in [0.2, 0.25) is 10.0 Å². The number of nitrogens with zero attached hydrogens (tertiary/aromatic N) is 1. The van der Waals surface area contributed by atoms with E-state index in [1.807, 2.05) is 6.92 Å². The summed E-state index contributed by atoms with van der Waals surface area (Å²) in [5.74, 6) is -1.77. The highest BCUT2D eigenvalue weighted by Gasteiger charge is 2.35. The van der Waals surface area contributed by atoms with E-state index in [-0.39, 0.29) is 23.4 Å². The van der Waals surface area contributed by atoms with Crippen LogP contribution in [-0.4, -0.2) is 19.3 Å². The number of benzene rings is 2. The van der Waals surface area contributed by atoms with Gasteiger partial charge in [0.25, 0.3) is 0 Å². The Balaban J connectivity index is 2.02. The van der Waals surface area contributed by atoms with E-state index in [1.165, 1.54) is 10.4 Å². The van der Waals surface area contributed by atoms with Gasteiger partial charge in [-0.1, -0.05) is 23.8 Å². The first kappa shape index (κ1) is 16.1. The summed E-state index contributed by atoms with van der Waals surface area (Å²) < 4.78 is 54.3. The molecule has 1 aliphatic rings. The Morgan fingerprint density at radius 2 is 1.74 bits per heavy atom. The van der Waals surface area contributed by atoms with Gasteiger partial charge in [0.05, 0.1) is 4.90 Å². The van der Waals surface area contributed by atoms with E-state index >= 15 is 0 Å². The van der Waals surface area contributed by atoms with Crippen molar-refractivity contribution in [2.45, 2.75) is 31.2 Å². The molecular formula is C17H17F2NO2S. The van der Waals surface area contributed by atoms with Gasteiger partial charge in [-0.15, -0.1) is 0 Å². The van der Waals surface area contributed by atoms with Crippen molar-refractivity contribution in [3.8, 4) is 0 Å². The number of aryl methyl sites for hydroxylation is 1. The van der Waals surface area contributed by atoms with Crippen LogP contribution in [0.1, 0.15) is 29.7 Å². The summed E-state index contributed by atoms with van der Waals surface area (Å²) in [6.45, 7) is 3.71. The van der Waals surface area contributed by atoms with Gasteiger partial charge in [0.15, 0.2) is 11.6 Å². The predicted molar refractivity (Wildman–Crippen MR) is 83.5 cm³/mol. The van der Waals surface area contributed by atoms with Crippen molar-refractivity contribution in [3.63, 3.8) is 0 Å². The SMILES string of the molecule is Cc1ccc(S(=O)(=O)N2CCc3c(ccc(F)c3F)C2C)cc1. The molecule has 3 rings (SSSR count). The Kier molecular flexibility index (Phi) is 3.98. The van der Waals surface area contributed by atoms with E-state index in [0.29, 0.717) is 5.56 Å². The Labute approximate surface area is 134 Å². The van der Waals surface area contributed by atoms with E-state index in [9.17, 15) is 17.2 Å². The Morgan fingerprint density at radius 3 is 2.39 bits per heavy atom. The van der Waals surface area contributed by atoms with E-state index in [2.05, 4.69) is 0 Å². The van der Waals surface area contributed by atoms with Crippen LogP contribution in [0, 0.1) is 18.6 Å². The number of halogens is 2. The van der Waals surface area contributed by atoms with Gasteiger partial charge in [0, 0.05) is 12.6 Å². The van der Waals surface area contributed by atoms with Crippen LogP contribution in [0.4, 0.5) is 8.78 Å². The number of hydrogen-bond acceptors (Lipinski definition) is 2. The van der Waals surface area contributed by atoms with Gasteiger partial charge < -0.3 is 0 Å². The first-order valence-corrected chi connectivity index (χ1v) is 8.81. The fourth-order valence-electron chi connectivity index (χ4n) is 3.00. The van der Waals surface area contributed by atoms with Gasteiger partial charge >= 0.3 is 0 Å². The Bertz CT molecular complexity index is 848. The van der Waals surface area contributed by atoms with Crippen molar-refractivity contribution in [2.24, 2.45) is 0 Å². The normalized spacial score (nSPS) is 18.7. The molecule has 0 saturated carbocycles. The fraction of sp³-hybridized carbons (Fsp3) is 0.294. The van der Waals surface area contributed by atoms with Crippen LogP contribution in [0.25, 0.3) is 0 Å². The maximum atomic E-state index is 13.9. The average Bonchev–Trinajstić information content (AvgIpc) is 2.51. The van der Waals surface area contributed by atoms with Gasteiger partial charge in [-0.25, -0.2) is 17.2 Å². The maximum absolute atomic E-state index is 13.9. The van der Waals surface area contributed by atoms with Crippen LogP contribution in [-0.2, 0) is 16.4 Å². The van der Waals surface area contributed by atoms with Gasteiger partial charge in [-0.3, -0.25) is 0 Å². The molecule has 0 bridgehead atoms. The molecule has 122 valence electrons. The van der Waals surface area contributed by atoms with E-state index in [1.54, 1.807) is 31.2 Å². The zero-order valence-corrected chi connectivity index (χ0v) is 13.7. The molecule has 3 nitrogen and oxygen atoms in total. The number of hydrogen-bond donors (Lipinski definition) is 0. The summed E-state index contributed by atoms with van der Waals surface area (Å²) in [5, 5.41) is 0. The first-order chi connectivity index (χ1) is 10.8. The van der Waals surface area contributed by atoms with Crippen LogP contribution in [0.3, 0.4) is 0 Å². The summed E-state index contributed by atoms with van der Waals surface area (Å²) >= 11 is 0. The smallest absolute Gasteiger partial charge is 0.207 e. The summed E-state index contributed by atoms with van der Waals surface area (Å²) in [6, 6.07) is 8.59. The zero-order chi connectivity index (χ0) is 16.8. The Morgan fingerprint density at radius 1 is 1.09 bits per heavy atom. The predicted octanol–water partition coefficient (Wildman–Crippen LogP) is 3.58. The molecule has 0 fully saturated rings. The molecule has 1 heterocycles. The maximum Gasteiger partial charge on any atom is 0.243 e. The highest BCUT2D eigenvalue weighted by molar-refractivity contribution is 7.89. The lowest BCUT2D eigenvalue weighted by molar-refractivity contribution is 0.319. The molecule has 0 spiro atoms. The number of sulfonamides is 1. The van der Waals surface area contributed by atoms with Crippen molar-refractivity contribution >= 4 is 10.0 Å². The number of rotatable bonds is 2. The lowest BCUT2D eigenvalue weighted by Crippen LogP contribution is -2.39. The van der Waals surface area contributed by atoms with Crippen molar-refractivity contribution in [1.82, 2.24) is 4.31 Å². The van der Waals surface area contributed by atoms with Crippen LogP contribution < -0.4 is 0 Å². The molecule has 2 aromatic carbocycles. The summed E-state index contributed by atoms with van der Waals surface area (Å²) in [7, 11) is -3.68. The van der Waals surface area contributed by atoms with E-state index in [4.69, 9.17) is 0 Å². The van der Waals surface area contributed by atoms with Crippen molar-refractivity contribution in [3.05, 3.63) is 64.7 Å². The second-order valence-corrected chi connectivity index (χ2v) is 7.67. The zero-order valence-electron chi connectivity index (χ0n) is 12.9. The van der Waals surface area contributed by atoms with Gasteiger partial charge in [0.1, 0.15) is 0 Å². The molecule has 1 atom stereocenters. The molecule has 1 unspecified atom stereocenters. The Hall–Kier alpha value is -1.79. The van der Waals surface area contributed by atoms with Crippen LogP contribution >= 0.6 is 0 Å². The van der Waals surface area contributed by atoms with Gasteiger partial charge in [-0.05, 0) is 49.6 Å². The van der Waals surface area contributed by atoms with Crippen molar-refractivity contribution in [1.29, 1.82) is 0 Å². The molecule has 6 heteroatoms. The molecular weight excluding hydrogens is 320 g/mol. The standard InChI is InChI=1S/C17H17F2NO2S/c1-11-3-5-13(6-4-11)23(21,22)20-10-9-15-14(12(20)2)7-8-16(18)17(15)19/h3-8,12H,9-10H2,1-2H3. The molecule has 23 heavy (non-hydrogen) atoms. The largest absolute Gasteiger partial charge is 0.243 e. The minimum Gasteiger partial charge on any atom is -0.207 e. The molecule has 0 radical (unpaired) electrons. The quantitative estimate of drug-likeness (QED) is 0.840. The second kappa shape index (κ2) is 5.69. The minimum atomic E-state index is -3.68. The third-order valence-electron chi connectivity index (χ3n) is 4.32. The summed E-state index contributed by atoms with van der Waals surface area (Å²) in [6.07, 6.45) is 0.161. The molecule has 0 saturated heterocycles.